The molecule has 0 bridgehead atoms. The Kier molecular flexibility index (Phi) is 4.64. The zero-order chi connectivity index (χ0) is 15.5. The minimum atomic E-state index is -3.66. The van der Waals surface area contributed by atoms with Gasteiger partial charge in [-0.25, -0.2) is 12.8 Å². The van der Waals surface area contributed by atoms with Gasteiger partial charge in [0, 0.05) is 25.0 Å². The number of hydrogen-bond acceptors (Lipinski definition) is 3. The summed E-state index contributed by atoms with van der Waals surface area (Å²) < 4.78 is 39.5. The van der Waals surface area contributed by atoms with Crippen LogP contribution in [-0.2, 0) is 16.6 Å². The van der Waals surface area contributed by atoms with Gasteiger partial charge < -0.3 is 10.3 Å². The van der Waals surface area contributed by atoms with Crippen LogP contribution < -0.4 is 9.62 Å². The number of aromatic nitrogens is 1. The first-order valence-corrected chi connectivity index (χ1v) is 8.03. The second kappa shape index (κ2) is 6.28. The van der Waals surface area contributed by atoms with E-state index in [1.165, 1.54) is 34.8 Å². The van der Waals surface area contributed by atoms with Crippen molar-refractivity contribution in [2.24, 2.45) is 0 Å². The molecule has 0 spiro atoms. The molecule has 0 atom stereocenters. The molecule has 2 N–H and O–H groups in total. The fourth-order valence-electron chi connectivity index (χ4n) is 2.09. The quantitative estimate of drug-likeness (QED) is 0.858. The number of nitrogens with zero attached hydrogens (tertiary/aromatic N) is 1. The summed E-state index contributed by atoms with van der Waals surface area (Å²) in [6, 6.07) is 7.00. The van der Waals surface area contributed by atoms with E-state index in [2.05, 4.69) is 10.3 Å². The maximum atomic E-state index is 13.0. The Morgan fingerprint density at radius 3 is 2.52 bits per heavy atom. The number of H-pyrrole nitrogens is 1. The molecule has 0 saturated heterocycles. The number of anilines is 1. The molecule has 114 valence electrons. The maximum absolute atomic E-state index is 13.0. The van der Waals surface area contributed by atoms with Gasteiger partial charge in [0.2, 0.25) is 0 Å². The van der Waals surface area contributed by atoms with Crippen LogP contribution in [0.5, 0.6) is 0 Å². The number of benzene rings is 1. The highest BCUT2D eigenvalue weighted by atomic mass is 32.2. The molecule has 1 aromatic carbocycles. The number of halogens is 1. The molecular formula is C14H18FN3O2S. The molecule has 2 rings (SSSR count). The third-order valence-corrected chi connectivity index (χ3v) is 4.95. The van der Waals surface area contributed by atoms with Crippen LogP contribution in [0.1, 0.15) is 12.6 Å². The number of nitrogens with one attached hydrogen (secondary N) is 2. The Morgan fingerprint density at radius 1 is 1.29 bits per heavy atom. The number of sulfonamides is 1. The van der Waals surface area contributed by atoms with Gasteiger partial charge in [0.05, 0.1) is 5.69 Å². The van der Waals surface area contributed by atoms with Gasteiger partial charge in [0.25, 0.3) is 10.0 Å². The molecule has 0 fully saturated rings. The number of hydrogen-bond donors (Lipinski definition) is 2. The van der Waals surface area contributed by atoms with Crippen molar-refractivity contribution in [2.45, 2.75) is 18.4 Å². The van der Waals surface area contributed by atoms with E-state index in [9.17, 15) is 12.8 Å². The van der Waals surface area contributed by atoms with E-state index in [-0.39, 0.29) is 11.4 Å². The highest BCUT2D eigenvalue weighted by molar-refractivity contribution is 7.92. The molecular weight excluding hydrogens is 293 g/mol. The summed E-state index contributed by atoms with van der Waals surface area (Å²) in [6.45, 7) is 2.56. The van der Waals surface area contributed by atoms with Gasteiger partial charge in [0.1, 0.15) is 10.7 Å². The monoisotopic (exact) mass is 311 g/mol. The molecule has 1 aromatic heterocycles. The van der Waals surface area contributed by atoms with E-state index in [0.29, 0.717) is 12.2 Å². The Morgan fingerprint density at radius 2 is 1.95 bits per heavy atom. The van der Waals surface area contributed by atoms with Crippen LogP contribution in [0.25, 0.3) is 0 Å². The summed E-state index contributed by atoms with van der Waals surface area (Å²) in [4.78, 5) is 3.12. The lowest BCUT2D eigenvalue weighted by Crippen LogP contribution is -2.30. The van der Waals surface area contributed by atoms with Crippen molar-refractivity contribution in [3.63, 3.8) is 0 Å². The lowest BCUT2D eigenvalue weighted by atomic mass is 10.3. The molecule has 2 aromatic rings. The summed E-state index contributed by atoms with van der Waals surface area (Å²) in [5, 5.41) is 2.95. The van der Waals surface area contributed by atoms with Gasteiger partial charge in [-0.15, -0.1) is 0 Å². The first-order valence-electron chi connectivity index (χ1n) is 6.59. The summed E-state index contributed by atoms with van der Waals surface area (Å²) in [5.74, 6) is -0.398. The molecule has 1 heterocycles. The normalized spacial score (nSPS) is 11.6. The smallest absolute Gasteiger partial charge is 0.265 e. The average Bonchev–Trinajstić information content (AvgIpc) is 2.91. The summed E-state index contributed by atoms with van der Waals surface area (Å²) >= 11 is 0. The molecule has 0 aliphatic heterocycles. The molecule has 0 radical (unpaired) electrons. The average molecular weight is 311 g/mol. The topological polar surface area (TPSA) is 65.2 Å². The Hall–Kier alpha value is -1.86. The molecule has 5 nitrogen and oxygen atoms in total. The van der Waals surface area contributed by atoms with Crippen molar-refractivity contribution in [1.29, 1.82) is 0 Å². The minimum absolute atomic E-state index is 0.193. The van der Waals surface area contributed by atoms with Crippen molar-refractivity contribution >= 4 is 15.7 Å². The van der Waals surface area contributed by atoms with E-state index in [0.717, 1.165) is 5.69 Å². The van der Waals surface area contributed by atoms with Gasteiger partial charge in [-0.1, -0.05) is 0 Å². The number of rotatable bonds is 6. The number of aromatic amines is 1. The van der Waals surface area contributed by atoms with Gasteiger partial charge in [-0.2, -0.15) is 0 Å². The molecule has 0 unspecified atom stereocenters. The van der Waals surface area contributed by atoms with E-state index >= 15 is 0 Å². The van der Waals surface area contributed by atoms with Gasteiger partial charge in [0.15, 0.2) is 0 Å². The largest absolute Gasteiger partial charge is 0.363 e. The van der Waals surface area contributed by atoms with Crippen molar-refractivity contribution in [1.82, 2.24) is 10.3 Å². The SMILES string of the molecule is CCN(c1ccc(F)cc1)S(=O)(=O)c1c[nH]c(CNC)c1. The molecule has 0 saturated carbocycles. The lowest BCUT2D eigenvalue weighted by Gasteiger charge is -2.22. The Bertz CT molecular complexity index is 695. The minimum Gasteiger partial charge on any atom is -0.363 e. The highest BCUT2D eigenvalue weighted by Gasteiger charge is 2.24. The predicted molar refractivity (Wildman–Crippen MR) is 80.2 cm³/mol. The first kappa shape index (κ1) is 15.5. The van der Waals surface area contributed by atoms with Crippen molar-refractivity contribution in [3.8, 4) is 0 Å². The zero-order valence-corrected chi connectivity index (χ0v) is 12.7. The first-order chi connectivity index (χ1) is 9.98. The molecule has 21 heavy (non-hydrogen) atoms. The zero-order valence-electron chi connectivity index (χ0n) is 11.9. The summed E-state index contributed by atoms with van der Waals surface area (Å²) in [7, 11) is -1.88. The van der Waals surface area contributed by atoms with Gasteiger partial charge in [-0.05, 0) is 44.3 Å². The second-order valence-electron chi connectivity index (χ2n) is 4.54. The van der Waals surface area contributed by atoms with Crippen LogP contribution in [0.2, 0.25) is 0 Å². The Labute approximate surface area is 123 Å². The standard InChI is InChI=1S/C14H18FN3O2S/c1-3-18(13-6-4-11(15)5-7-13)21(19,20)14-8-12(9-16-2)17-10-14/h4-8,10,16-17H,3,9H2,1-2H3. The fraction of sp³-hybridized carbons (Fsp3) is 0.286. The van der Waals surface area contributed by atoms with E-state index in [1.807, 2.05) is 0 Å². The Balaban J connectivity index is 2.36. The van der Waals surface area contributed by atoms with E-state index < -0.39 is 15.8 Å². The lowest BCUT2D eigenvalue weighted by molar-refractivity contribution is 0.591. The van der Waals surface area contributed by atoms with Crippen molar-refractivity contribution in [2.75, 3.05) is 17.9 Å². The van der Waals surface area contributed by atoms with Gasteiger partial charge >= 0.3 is 0 Å². The molecule has 0 aliphatic carbocycles. The van der Waals surface area contributed by atoms with Crippen LogP contribution in [0.3, 0.4) is 0 Å². The van der Waals surface area contributed by atoms with E-state index in [4.69, 9.17) is 0 Å². The molecule has 7 heteroatoms. The van der Waals surface area contributed by atoms with Crippen LogP contribution in [0.15, 0.2) is 41.4 Å². The van der Waals surface area contributed by atoms with Crippen LogP contribution in [0, 0.1) is 5.82 Å². The third-order valence-electron chi connectivity index (χ3n) is 3.07. The predicted octanol–water partition coefficient (Wildman–Crippen LogP) is 2.09. The van der Waals surface area contributed by atoms with Crippen molar-refractivity contribution < 1.29 is 12.8 Å². The fourth-order valence-corrected chi connectivity index (χ4v) is 3.58. The second-order valence-corrected chi connectivity index (χ2v) is 6.40. The van der Waals surface area contributed by atoms with Crippen LogP contribution in [-0.4, -0.2) is 27.0 Å². The molecule has 0 amide bonds. The highest BCUT2D eigenvalue weighted by Crippen LogP contribution is 2.24. The van der Waals surface area contributed by atoms with Gasteiger partial charge in [-0.3, -0.25) is 4.31 Å². The van der Waals surface area contributed by atoms with E-state index in [1.54, 1.807) is 20.0 Å². The van der Waals surface area contributed by atoms with Crippen LogP contribution >= 0.6 is 0 Å². The van der Waals surface area contributed by atoms with Crippen molar-refractivity contribution in [3.05, 3.63) is 48.0 Å². The maximum Gasteiger partial charge on any atom is 0.265 e. The summed E-state index contributed by atoms with van der Waals surface area (Å²) in [6.07, 6.45) is 1.47. The molecule has 0 aliphatic rings. The van der Waals surface area contributed by atoms with Crippen LogP contribution in [0.4, 0.5) is 10.1 Å². The summed E-state index contributed by atoms with van der Waals surface area (Å²) in [5.41, 5.74) is 1.22. The third kappa shape index (κ3) is 3.25.